The molecule has 0 aliphatic rings. The Bertz CT molecular complexity index is 2650. The Hall–Kier alpha value is -5.34. The van der Waals surface area contributed by atoms with Crippen molar-refractivity contribution in [1.29, 1.82) is 0 Å². The molecule has 18 heteroatoms. The zero-order chi connectivity index (χ0) is 46.1. The van der Waals surface area contributed by atoms with Gasteiger partial charge in [0.2, 0.25) is 0 Å². The van der Waals surface area contributed by atoms with E-state index in [1.165, 1.54) is 62.6 Å². The first-order valence-corrected chi connectivity index (χ1v) is 22.3. The van der Waals surface area contributed by atoms with Crippen LogP contribution in [-0.4, -0.2) is 72.5 Å². The number of methoxy groups -OCH3 is 3. The van der Waals surface area contributed by atoms with Crippen LogP contribution in [0.15, 0.2) is 121 Å². The molecular formula is C45H32I4N2O12. The number of carbonyl (C=O) groups excluding carboxylic acids is 3. The lowest BCUT2D eigenvalue weighted by atomic mass is 10.0. The van der Waals surface area contributed by atoms with Crippen molar-refractivity contribution < 1.29 is 58.3 Å². The Morgan fingerprint density at radius 2 is 0.619 bits per heavy atom. The fourth-order valence-electron chi connectivity index (χ4n) is 6.28. The first kappa shape index (κ1) is 48.7. The van der Waals surface area contributed by atoms with E-state index in [4.69, 9.17) is 14.2 Å². The molecule has 0 aliphatic heterocycles. The van der Waals surface area contributed by atoms with Gasteiger partial charge in [0.1, 0.15) is 0 Å². The van der Waals surface area contributed by atoms with Crippen LogP contribution in [0.2, 0.25) is 0 Å². The second-order valence-electron chi connectivity index (χ2n) is 12.7. The molecule has 0 spiro atoms. The zero-order valence-corrected chi connectivity index (χ0v) is 41.6. The summed E-state index contributed by atoms with van der Waals surface area (Å²) in [5.41, 5.74) is 2.23. The molecule has 14 nitrogen and oxygen atoms in total. The van der Waals surface area contributed by atoms with Crippen LogP contribution >= 0.6 is 90.4 Å². The van der Waals surface area contributed by atoms with Crippen molar-refractivity contribution in [2.24, 2.45) is 0 Å². The topological polar surface area (TPSA) is 197 Å². The Morgan fingerprint density at radius 1 is 0.365 bits per heavy atom. The monoisotopic (exact) mass is 1300 g/mol. The predicted octanol–water partition coefficient (Wildman–Crippen LogP) is 11.2. The molecule has 0 bridgehead atoms. The third-order valence-electron chi connectivity index (χ3n) is 9.00. The number of nitrogens with zero attached hydrogens (tertiary/aromatic N) is 2. The van der Waals surface area contributed by atoms with Crippen molar-refractivity contribution in [1.82, 2.24) is 0 Å². The van der Waals surface area contributed by atoms with Crippen molar-refractivity contribution in [3.63, 3.8) is 0 Å². The molecule has 0 fully saturated rings. The molecule has 0 saturated heterocycles. The smallest absolute Gasteiger partial charge is 0.340 e. The van der Waals surface area contributed by atoms with Gasteiger partial charge in [-0.15, -0.1) is 0 Å². The van der Waals surface area contributed by atoms with Gasteiger partial charge in [0.05, 0.1) is 88.8 Å². The van der Waals surface area contributed by atoms with Crippen molar-refractivity contribution in [3.05, 3.63) is 169 Å². The molecule has 322 valence electrons. The van der Waals surface area contributed by atoms with Gasteiger partial charge in [-0.3, -0.25) is 0 Å². The fourth-order valence-corrected chi connectivity index (χ4v) is 8.25. The number of hydrogen-bond donors (Lipinski definition) is 3. The van der Waals surface area contributed by atoms with Crippen LogP contribution in [0.1, 0.15) is 62.1 Å². The quantitative estimate of drug-likeness (QED) is 0.0594. The van der Waals surface area contributed by atoms with E-state index in [0.717, 1.165) is 7.14 Å². The number of carboxylic acid groups (broad SMARTS) is 3. The summed E-state index contributed by atoms with van der Waals surface area (Å²) in [5, 5.41) is 29.2. The number of benzene rings is 6. The molecule has 0 unspecified atom stereocenters. The van der Waals surface area contributed by atoms with Gasteiger partial charge >= 0.3 is 35.8 Å². The van der Waals surface area contributed by atoms with E-state index in [9.17, 15) is 44.1 Å². The molecule has 0 radical (unpaired) electrons. The number of hydrogen-bond acceptors (Lipinski definition) is 11. The summed E-state index contributed by atoms with van der Waals surface area (Å²) in [6, 6.07) is 32.6. The number of esters is 3. The summed E-state index contributed by atoms with van der Waals surface area (Å²) in [6.07, 6.45) is 0. The third-order valence-corrected chi connectivity index (χ3v) is 11.7. The Morgan fingerprint density at radius 3 is 0.952 bits per heavy atom. The van der Waals surface area contributed by atoms with Gasteiger partial charge in [0.15, 0.2) is 0 Å². The Balaban J connectivity index is 0.000000239. The highest BCUT2D eigenvalue weighted by atomic mass is 127. The summed E-state index contributed by atoms with van der Waals surface area (Å²) in [5.74, 6) is -5.35. The van der Waals surface area contributed by atoms with Crippen LogP contribution in [0.3, 0.4) is 0 Å². The molecule has 0 aliphatic carbocycles. The van der Waals surface area contributed by atoms with Gasteiger partial charge < -0.3 is 39.3 Å². The highest BCUT2D eigenvalue weighted by Gasteiger charge is 2.29. The van der Waals surface area contributed by atoms with E-state index in [1.807, 2.05) is 57.3 Å². The van der Waals surface area contributed by atoms with Crippen molar-refractivity contribution >= 4 is 160 Å². The third kappa shape index (κ3) is 11.3. The number of para-hydroxylation sites is 2. The zero-order valence-electron chi connectivity index (χ0n) is 33.0. The average Bonchev–Trinajstić information content (AvgIpc) is 3.27. The number of rotatable bonds is 12. The molecule has 0 atom stereocenters. The maximum atomic E-state index is 12.7. The number of aromatic carboxylic acids is 3. The van der Waals surface area contributed by atoms with Gasteiger partial charge in [0, 0.05) is 14.3 Å². The Kier molecular flexibility index (Phi) is 16.9. The maximum absolute atomic E-state index is 12.7. The van der Waals surface area contributed by atoms with Crippen LogP contribution in [0.5, 0.6) is 0 Å². The number of carboxylic acids is 3. The van der Waals surface area contributed by atoms with E-state index in [0.29, 0.717) is 24.2 Å². The fraction of sp³-hybridized carbons (Fsp3) is 0.0667. The number of carbonyl (C=O) groups is 6. The van der Waals surface area contributed by atoms with Crippen LogP contribution in [0.4, 0.5) is 34.1 Å². The average molecular weight is 1300 g/mol. The number of anilines is 6. The van der Waals surface area contributed by atoms with Crippen LogP contribution < -0.4 is 9.80 Å². The van der Waals surface area contributed by atoms with Gasteiger partial charge in [-0.25, -0.2) is 28.8 Å². The molecule has 63 heavy (non-hydrogen) atoms. The Labute approximate surface area is 414 Å². The lowest BCUT2D eigenvalue weighted by Gasteiger charge is -2.30. The molecule has 6 aromatic carbocycles. The van der Waals surface area contributed by atoms with E-state index in [-0.39, 0.29) is 50.4 Å². The lowest BCUT2D eigenvalue weighted by Crippen LogP contribution is -2.21. The molecular weight excluding hydrogens is 1270 g/mol. The van der Waals surface area contributed by atoms with Gasteiger partial charge in [-0.1, -0.05) is 24.3 Å². The van der Waals surface area contributed by atoms with Crippen molar-refractivity contribution in [2.75, 3.05) is 31.1 Å². The van der Waals surface area contributed by atoms with E-state index in [1.54, 1.807) is 77.7 Å². The molecule has 3 N–H and O–H groups in total. The molecule has 6 rings (SSSR count). The molecule has 0 amide bonds. The van der Waals surface area contributed by atoms with E-state index >= 15 is 0 Å². The first-order valence-electron chi connectivity index (χ1n) is 17.9. The van der Waals surface area contributed by atoms with Crippen molar-refractivity contribution in [2.45, 2.75) is 0 Å². The largest absolute Gasteiger partial charge is 0.478 e. The van der Waals surface area contributed by atoms with Gasteiger partial charge in [0.25, 0.3) is 0 Å². The normalized spacial score (nSPS) is 10.4. The molecule has 6 aromatic rings. The second-order valence-corrected chi connectivity index (χ2v) is 17.7. The summed E-state index contributed by atoms with van der Waals surface area (Å²) >= 11 is 8.15. The summed E-state index contributed by atoms with van der Waals surface area (Å²) in [7, 11) is 3.88. The highest BCUT2D eigenvalue weighted by molar-refractivity contribution is 14.1. The minimum atomic E-state index is -1.22. The number of ether oxygens (including phenoxy) is 3. The first-order chi connectivity index (χ1) is 30.0. The van der Waals surface area contributed by atoms with Crippen molar-refractivity contribution in [3.8, 4) is 0 Å². The van der Waals surface area contributed by atoms with Crippen LogP contribution in [0, 0.1) is 14.3 Å². The minimum Gasteiger partial charge on any atom is -0.478 e. The number of halogens is 4. The second kappa shape index (κ2) is 21.8. The summed E-state index contributed by atoms with van der Waals surface area (Å²) in [4.78, 5) is 76.9. The summed E-state index contributed by atoms with van der Waals surface area (Å²) in [6.45, 7) is 0. The van der Waals surface area contributed by atoms with Crippen LogP contribution in [-0.2, 0) is 14.2 Å². The highest BCUT2D eigenvalue weighted by Crippen LogP contribution is 2.43. The minimum absolute atomic E-state index is 0.0861. The lowest BCUT2D eigenvalue weighted by molar-refractivity contribution is 0.0593. The maximum Gasteiger partial charge on any atom is 0.340 e. The molecule has 0 saturated carbocycles. The molecule has 0 aromatic heterocycles. The van der Waals surface area contributed by atoms with Crippen LogP contribution in [0.25, 0.3) is 0 Å². The van der Waals surface area contributed by atoms with Gasteiger partial charge in [-0.2, -0.15) is 0 Å². The van der Waals surface area contributed by atoms with E-state index < -0.39 is 35.8 Å². The molecule has 0 heterocycles. The van der Waals surface area contributed by atoms with E-state index in [2.05, 4.69) is 45.2 Å². The summed E-state index contributed by atoms with van der Waals surface area (Å²) < 4.78 is 18.0. The standard InChI is InChI=1S/C24H19I2NO6.C21H13I2NO6/c1-31-22(28)16-6-4-5-7-19(16)27(20-10-8-14(25)12-17(20)23(29)32-2)21-11-9-15(26)13-18(21)24(30)33-3;22-11-5-7-17(14(9-11)20(27)28)24(16-4-2-1-3-13(16)19(25)26)18-8-6-12(23)10-15(18)21(29)30/h4-13H,1-3H3;1-10H,(H,25,26)(H,27,28)(H,29,30). The SMILES string of the molecule is COC(=O)c1ccccc1N(c1ccc(I)cc1C(=O)OC)c1ccc(I)cc1C(=O)OC.O=C(O)c1ccccc1N(c1ccc(I)cc1C(=O)O)c1ccc(I)cc1C(=O)O. The van der Waals surface area contributed by atoms with Gasteiger partial charge in [-0.05, 0) is 187 Å². The predicted molar refractivity (Wildman–Crippen MR) is 268 cm³/mol.